The molecule has 1 fully saturated rings. The van der Waals surface area contributed by atoms with E-state index in [2.05, 4.69) is 48.3 Å². The van der Waals surface area contributed by atoms with E-state index in [0.717, 1.165) is 26.2 Å². The molecule has 0 spiro atoms. The highest BCUT2D eigenvalue weighted by Crippen LogP contribution is 2.29. The van der Waals surface area contributed by atoms with Crippen LogP contribution in [-0.2, 0) is 0 Å². The van der Waals surface area contributed by atoms with Gasteiger partial charge in [-0.15, -0.1) is 0 Å². The molecule has 1 atom stereocenters. The smallest absolute Gasteiger partial charge is 0.0641 e. The van der Waals surface area contributed by atoms with Crippen molar-refractivity contribution in [2.75, 3.05) is 26.2 Å². The molecule has 96 valence electrons. The summed E-state index contributed by atoms with van der Waals surface area (Å²) >= 11 is 0. The second-order valence-corrected chi connectivity index (χ2v) is 4.97. The lowest BCUT2D eigenvalue weighted by Gasteiger charge is -2.35. The van der Waals surface area contributed by atoms with E-state index in [1.54, 1.807) is 0 Å². The van der Waals surface area contributed by atoms with E-state index in [9.17, 15) is 0 Å². The van der Waals surface area contributed by atoms with Crippen LogP contribution in [-0.4, -0.2) is 31.1 Å². The van der Waals surface area contributed by atoms with Gasteiger partial charge in [0.25, 0.3) is 0 Å². The summed E-state index contributed by atoms with van der Waals surface area (Å²) in [5, 5.41) is 12.5. The number of aryl methyl sites for hydroxylation is 2. The molecule has 1 N–H and O–H groups in total. The Hall–Kier alpha value is -1.37. The summed E-state index contributed by atoms with van der Waals surface area (Å²) < 4.78 is 0. The summed E-state index contributed by atoms with van der Waals surface area (Å²) in [6.45, 7) is 8.39. The first-order chi connectivity index (χ1) is 8.74. The quantitative estimate of drug-likeness (QED) is 0.884. The second-order valence-electron chi connectivity index (χ2n) is 4.97. The summed E-state index contributed by atoms with van der Waals surface area (Å²) in [7, 11) is 0. The summed E-state index contributed by atoms with van der Waals surface area (Å²) in [5.41, 5.74) is 3.95. The van der Waals surface area contributed by atoms with E-state index in [0.29, 0.717) is 6.42 Å². The zero-order valence-electron chi connectivity index (χ0n) is 11.2. The monoisotopic (exact) mass is 243 g/mol. The van der Waals surface area contributed by atoms with Crippen LogP contribution in [0.2, 0.25) is 0 Å². The molecule has 18 heavy (non-hydrogen) atoms. The van der Waals surface area contributed by atoms with Crippen LogP contribution in [0, 0.1) is 25.2 Å². The summed E-state index contributed by atoms with van der Waals surface area (Å²) in [5.74, 6) is 0. The second kappa shape index (κ2) is 5.99. The van der Waals surface area contributed by atoms with E-state index < -0.39 is 0 Å². The average Bonchev–Trinajstić information content (AvgIpc) is 2.38. The van der Waals surface area contributed by atoms with Gasteiger partial charge in [-0.1, -0.05) is 18.2 Å². The first-order valence-corrected chi connectivity index (χ1v) is 6.62. The lowest BCUT2D eigenvalue weighted by Crippen LogP contribution is -2.45. The molecule has 0 radical (unpaired) electrons. The Morgan fingerprint density at radius 1 is 1.28 bits per heavy atom. The zero-order chi connectivity index (χ0) is 13.0. The van der Waals surface area contributed by atoms with Gasteiger partial charge in [0, 0.05) is 32.2 Å². The van der Waals surface area contributed by atoms with Crippen LogP contribution in [0.25, 0.3) is 0 Å². The Labute approximate surface area is 109 Å². The minimum Gasteiger partial charge on any atom is -0.314 e. The topological polar surface area (TPSA) is 39.1 Å². The molecule has 2 rings (SSSR count). The maximum absolute atomic E-state index is 9.12. The van der Waals surface area contributed by atoms with Gasteiger partial charge in [0.2, 0.25) is 0 Å². The van der Waals surface area contributed by atoms with Crippen LogP contribution in [0.15, 0.2) is 18.2 Å². The molecule has 1 aliphatic heterocycles. The summed E-state index contributed by atoms with van der Waals surface area (Å²) in [6.07, 6.45) is 0.575. The van der Waals surface area contributed by atoms with E-state index in [-0.39, 0.29) is 6.04 Å². The van der Waals surface area contributed by atoms with Gasteiger partial charge < -0.3 is 5.32 Å². The fraction of sp³-hybridized carbons (Fsp3) is 0.533. The molecule has 0 bridgehead atoms. The van der Waals surface area contributed by atoms with Crippen LogP contribution in [0.5, 0.6) is 0 Å². The van der Waals surface area contributed by atoms with Crippen LogP contribution in [0.3, 0.4) is 0 Å². The Balaban J connectivity index is 2.31. The molecule has 1 aromatic carbocycles. The Morgan fingerprint density at radius 2 is 1.89 bits per heavy atom. The molecule has 0 amide bonds. The predicted octanol–water partition coefficient (Wildman–Crippen LogP) is 2.16. The van der Waals surface area contributed by atoms with Crippen LogP contribution >= 0.6 is 0 Å². The standard InChI is InChI=1S/C15H21N3/c1-12-4-3-5-13(2)15(12)14(6-7-16)18-10-8-17-9-11-18/h3-5,14,17H,6,8-11H2,1-2H3/t14-/m0/s1. The molecule has 0 saturated carbocycles. The molecule has 0 unspecified atom stereocenters. The molecule has 3 heteroatoms. The largest absolute Gasteiger partial charge is 0.314 e. The molecule has 0 aromatic heterocycles. The number of nitriles is 1. The normalized spacial score (nSPS) is 18.3. The highest BCUT2D eigenvalue weighted by Gasteiger charge is 2.24. The van der Waals surface area contributed by atoms with Gasteiger partial charge in [-0.05, 0) is 30.5 Å². The zero-order valence-corrected chi connectivity index (χ0v) is 11.2. The minimum atomic E-state index is 0.248. The highest BCUT2D eigenvalue weighted by atomic mass is 15.2. The number of nitrogens with zero attached hydrogens (tertiary/aromatic N) is 2. The summed E-state index contributed by atoms with van der Waals surface area (Å²) in [4.78, 5) is 2.44. The van der Waals surface area contributed by atoms with Crippen molar-refractivity contribution >= 4 is 0 Å². The number of benzene rings is 1. The number of nitrogens with one attached hydrogen (secondary N) is 1. The number of hydrogen-bond donors (Lipinski definition) is 1. The van der Waals surface area contributed by atoms with Crippen molar-refractivity contribution in [3.05, 3.63) is 34.9 Å². The third-order valence-electron chi connectivity index (χ3n) is 3.75. The van der Waals surface area contributed by atoms with Crippen molar-refractivity contribution in [2.24, 2.45) is 0 Å². The molecule has 0 aliphatic carbocycles. The van der Waals surface area contributed by atoms with Gasteiger partial charge in [0.1, 0.15) is 0 Å². The van der Waals surface area contributed by atoms with Gasteiger partial charge in [0.15, 0.2) is 0 Å². The van der Waals surface area contributed by atoms with Crippen molar-refractivity contribution in [3.63, 3.8) is 0 Å². The van der Waals surface area contributed by atoms with Crippen LogP contribution in [0.1, 0.15) is 29.2 Å². The summed E-state index contributed by atoms with van der Waals surface area (Å²) in [6, 6.07) is 8.99. The molecule has 1 aliphatic rings. The predicted molar refractivity (Wildman–Crippen MR) is 73.3 cm³/mol. The van der Waals surface area contributed by atoms with Gasteiger partial charge in [0.05, 0.1) is 12.5 Å². The van der Waals surface area contributed by atoms with E-state index in [1.165, 1.54) is 16.7 Å². The van der Waals surface area contributed by atoms with Gasteiger partial charge in [-0.3, -0.25) is 4.90 Å². The average molecular weight is 243 g/mol. The number of hydrogen-bond acceptors (Lipinski definition) is 3. The van der Waals surface area contributed by atoms with E-state index in [1.807, 2.05) is 0 Å². The molecule has 3 nitrogen and oxygen atoms in total. The van der Waals surface area contributed by atoms with Gasteiger partial charge in [-0.2, -0.15) is 5.26 Å². The van der Waals surface area contributed by atoms with Crippen molar-refractivity contribution in [3.8, 4) is 6.07 Å². The van der Waals surface area contributed by atoms with Crippen molar-refractivity contribution in [2.45, 2.75) is 26.3 Å². The first kappa shape index (κ1) is 13.1. The van der Waals surface area contributed by atoms with E-state index in [4.69, 9.17) is 5.26 Å². The Bertz CT molecular complexity index is 421. The highest BCUT2D eigenvalue weighted by molar-refractivity contribution is 5.36. The van der Waals surface area contributed by atoms with Crippen LogP contribution in [0.4, 0.5) is 0 Å². The maximum atomic E-state index is 9.12. The van der Waals surface area contributed by atoms with Gasteiger partial charge in [-0.25, -0.2) is 0 Å². The molecular weight excluding hydrogens is 222 g/mol. The molecular formula is C15H21N3. The van der Waals surface area contributed by atoms with Gasteiger partial charge >= 0.3 is 0 Å². The van der Waals surface area contributed by atoms with Crippen molar-refractivity contribution in [1.29, 1.82) is 5.26 Å². The Morgan fingerprint density at radius 3 is 2.44 bits per heavy atom. The lowest BCUT2D eigenvalue weighted by molar-refractivity contribution is 0.174. The van der Waals surface area contributed by atoms with E-state index >= 15 is 0 Å². The first-order valence-electron chi connectivity index (χ1n) is 6.62. The fourth-order valence-corrected chi connectivity index (χ4v) is 2.85. The number of rotatable bonds is 3. The van der Waals surface area contributed by atoms with Crippen molar-refractivity contribution in [1.82, 2.24) is 10.2 Å². The minimum absolute atomic E-state index is 0.248. The number of piperazine rings is 1. The SMILES string of the molecule is Cc1cccc(C)c1[C@H](CC#N)N1CCNCC1. The van der Waals surface area contributed by atoms with Crippen LogP contribution < -0.4 is 5.32 Å². The molecule has 1 saturated heterocycles. The lowest BCUT2D eigenvalue weighted by atomic mass is 9.93. The van der Waals surface area contributed by atoms with Crippen molar-refractivity contribution < 1.29 is 0 Å². The fourth-order valence-electron chi connectivity index (χ4n) is 2.85. The molecule has 1 aromatic rings. The third kappa shape index (κ3) is 2.72. The molecule has 1 heterocycles. The third-order valence-corrected chi connectivity index (χ3v) is 3.75. The Kier molecular flexibility index (Phi) is 4.35. The maximum Gasteiger partial charge on any atom is 0.0641 e.